The van der Waals surface area contributed by atoms with Crippen LogP contribution in [0, 0.1) is 21.7 Å². The molecule has 0 amide bonds. The molecule has 0 aromatic carbocycles. The molecule has 256 valence electrons. The van der Waals surface area contributed by atoms with Gasteiger partial charge in [-0.1, -0.05) is 83.1 Å². The molecular weight excluding hydrogens is 900 g/mol. The van der Waals surface area contributed by atoms with Crippen molar-refractivity contribution >= 4 is 108 Å². The Labute approximate surface area is 278 Å². The summed E-state index contributed by atoms with van der Waals surface area (Å²) in [5.74, 6) is 0. The van der Waals surface area contributed by atoms with Gasteiger partial charge in [0.1, 0.15) is 7.26 Å². The molecule has 0 saturated carbocycles. The summed E-state index contributed by atoms with van der Waals surface area (Å²) in [5.41, 5.74) is -3.66. The van der Waals surface area contributed by atoms with Crippen LogP contribution in [0.15, 0.2) is 0 Å². The van der Waals surface area contributed by atoms with Gasteiger partial charge in [0.15, 0.2) is 26.7 Å². The molecule has 4 nitrogen and oxygen atoms in total. The first kappa shape index (κ1) is 41.1. The minimum atomic E-state index is -6.09. The topological polar surface area (TPSA) is 74.3 Å². The van der Waals surface area contributed by atoms with Gasteiger partial charge in [0.25, 0.3) is 5.52 Å². The van der Waals surface area contributed by atoms with Gasteiger partial charge in [0.05, 0.1) is 22.5 Å². The molecule has 43 heavy (non-hydrogen) atoms. The first-order valence-corrected chi connectivity index (χ1v) is 40.9. The fraction of sp³-hybridized carbons (Fsp3) is 0.958. The van der Waals surface area contributed by atoms with E-state index in [4.69, 9.17) is 65.9 Å². The Hall–Kier alpha value is 3.65. The molecule has 6 aliphatic heterocycles. The van der Waals surface area contributed by atoms with Crippen LogP contribution in [-0.2, 0) is 14.9 Å². The molecule has 0 aliphatic carbocycles. The van der Waals surface area contributed by atoms with E-state index < -0.39 is 39.3 Å². The van der Waals surface area contributed by atoms with Gasteiger partial charge < -0.3 is 4.55 Å². The van der Waals surface area contributed by atoms with Crippen LogP contribution in [0.25, 0.3) is 0 Å². The number of rotatable bonds is 1. The van der Waals surface area contributed by atoms with Crippen LogP contribution < -0.4 is 0 Å². The summed E-state index contributed by atoms with van der Waals surface area (Å²) in [6.45, 7) is 35.3. The van der Waals surface area contributed by atoms with Gasteiger partial charge in [-0.25, -0.2) is 8.42 Å². The van der Waals surface area contributed by atoms with Gasteiger partial charge in [-0.15, -0.1) is 0 Å². The maximum absolute atomic E-state index is 14.0. The Balaban J connectivity index is 0.000000281. The SMILES string of the molecule is CC(=O)[P+]12C3(C(C)(C)C)P4C5(C(C)(C)C)P3C1(C(C)(C)C)[P+]5(C)C42C(C)(C)C.O=S(=O)([O-])C(F)(F)F.[Cl][Sb-]([Cl])([Cl])([Cl])([Cl])[Cl]. The predicted molar refractivity (Wildman–Crippen MR) is 190 cm³/mol. The molecule has 0 N–H and O–H groups in total. The molecule has 6 rings (SSSR count). The van der Waals surface area contributed by atoms with Crippen LogP contribution in [0.1, 0.15) is 90.0 Å². The van der Waals surface area contributed by atoms with Gasteiger partial charge >= 0.3 is 67.6 Å². The molecule has 0 spiro atoms. The summed E-state index contributed by atoms with van der Waals surface area (Å²) >= 11 is 0. The molecule has 6 aliphatic rings. The molecule has 0 aromatic heterocycles. The first-order valence-electron chi connectivity index (χ1n) is 13.3. The van der Waals surface area contributed by atoms with Crippen molar-refractivity contribution in [3.05, 3.63) is 0 Å². The quantitative estimate of drug-likeness (QED) is 0.114. The van der Waals surface area contributed by atoms with E-state index >= 15 is 0 Å². The van der Waals surface area contributed by atoms with E-state index in [0.717, 1.165) is 0 Å². The molecule has 6 saturated heterocycles. The third kappa shape index (κ3) is 4.16. The number of alkyl halides is 3. The molecule has 19 heteroatoms. The number of halogens is 9. The van der Waals surface area contributed by atoms with Crippen LogP contribution in [0.4, 0.5) is 13.2 Å². The van der Waals surface area contributed by atoms with Crippen LogP contribution in [0.3, 0.4) is 0 Å². The van der Waals surface area contributed by atoms with Crippen molar-refractivity contribution in [2.45, 2.75) is 114 Å². The number of carbonyl (C=O) groups is 1. The van der Waals surface area contributed by atoms with E-state index in [-0.39, 0.29) is 15.8 Å². The molecule has 4 unspecified atom stereocenters. The third-order valence-corrected chi connectivity index (χ3v) is 49.6. The van der Waals surface area contributed by atoms with E-state index in [0.29, 0.717) is 45.7 Å². The van der Waals surface area contributed by atoms with Crippen LogP contribution in [-0.4, -0.2) is 58.4 Å². The fourth-order valence-electron chi connectivity index (χ4n) is 10.7. The summed E-state index contributed by atoms with van der Waals surface area (Å²) in [6, 6.07) is 0. The van der Waals surface area contributed by atoms with E-state index in [9.17, 15) is 18.0 Å². The second-order valence-corrected chi connectivity index (χ2v) is 92.1. The van der Waals surface area contributed by atoms with Crippen molar-refractivity contribution < 1.29 is 30.9 Å². The molecule has 0 aromatic rings. The van der Waals surface area contributed by atoms with Crippen LogP contribution in [0.5, 0.6) is 0 Å². The van der Waals surface area contributed by atoms with Crippen LogP contribution in [0.2, 0.25) is 0 Å². The van der Waals surface area contributed by atoms with Gasteiger partial charge in [0, 0.05) is 28.6 Å². The molecular formula is C24H42Cl6F3O4P4SSb. The standard InChI is InChI=1S/C23H42OP4.CHF3O3S.6ClH.Sb/c1-15(24)28-21(17(5,6)7)25-20(16(2,3)4)26(21)23(28,19(11,12)13)27(20,14)22(25,28)18(8,9)10;2-1(3,4)8(5,6)7;;;;;;;/h1-14H3;(H,5,6,7);6*1H;/q+2;;;;;;;;+5/p-7. The minimum absolute atomic E-state index is 0.0418. The molecule has 4 atom stereocenters. The summed E-state index contributed by atoms with van der Waals surface area (Å²) < 4.78 is 61.0. The average molecular weight is 942 g/mol. The summed E-state index contributed by atoms with van der Waals surface area (Å²) in [5, 5.41) is 0. The molecule has 6 heterocycles. The van der Waals surface area contributed by atoms with E-state index in [1.165, 1.54) is 0 Å². The normalized spacial score (nSPS) is 44.1. The Morgan fingerprint density at radius 1 is 0.698 bits per heavy atom. The molecule has 0 radical (unpaired) electrons. The number of carbonyl (C=O) groups excluding carboxylic acids is 1. The van der Waals surface area contributed by atoms with E-state index in [1.54, 1.807) is 0 Å². The second kappa shape index (κ2) is 9.16. The second-order valence-electron chi connectivity index (χ2n) is 16.3. The fourth-order valence-corrected chi connectivity index (χ4v) is 74.5. The zero-order valence-electron chi connectivity index (χ0n) is 26.7. The van der Waals surface area contributed by atoms with Gasteiger partial charge in [-0.2, -0.15) is 13.2 Å². The van der Waals surface area contributed by atoms with E-state index in [2.05, 4.69) is 89.7 Å². The Bertz CT molecular complexity index is 1360. The maximum atomic E-state index is 14.0. The number of hydrogen-bond acceptors (Lipinski definition) is 4. The number of hydrogen-bond donors (Lipinski definition) is 0. The monoisotopic (exact) mass is 938 g/mol. The first-order chi connectivity index (χ1) is 17.9. The molecule has 0 bridgehead atoms. The third-order valence-electron chi connectivity index (χ3n) is 9.93. The van der Waals surface area contributed by atoms with Crippen molar-refractivity contribution in [1.29, 1.82) is 0 Å². The summed E-state index contributed by atoms with van der Waals surface area (Å²) in [6.07, 6.45) is 0. The zero-order valence-corrected chi connectivity index (χ0v) is 38.2. The van der Waals surface area contributed by atoms with Crippen molar-refractivity contribution in [2.24, 2.45) is 21.7 Å². The summed E-state index contributed by atoms with van der Waals surface area (Å²) in [4.78, 5) is 14.0. The van der Waals surface area contributed by atoms with Gasteiger partial charge in [0.2, 0.25) is 9.28 Å². The zero-order chi connectivity index (χ0) is 35.1. The van der Waals surface area contributed by atoms with Crippen molar-refractivity contribution in [1.82, 2.24) is 0 Å². The average Bonchev–Trinajstić information content (AvgIpc) is 2.58. The van der Waals surface area contributed by atoms with Crippen molar-refractivity contribution in [2.75, 3.05) is 6.66 Å². The Morgan fingerprint density at radius 3 is 1.07 bits per heavy atom. The van der Waals surface area contributed by atoms with Crippen molar-refractivity contribution in [3.8, 4) is 0 Å². The summed E-state index contributed by atoms with van der Waals surface area (Å²) in [7, 11) is 15.9. The van der Waals surface area contributed by atoms with Gasteiger partial charge in [-0.05, 0) is 0 Å². The molecule has 6 fully saturated rings. The Kier molecular flexibility index (Phi) is 8.75. The van der Waals surface area contributed by atoms with Crippen molar-refractivity contribution in [3.63, 3.8) is 0 Å². The van der Waals surface area contributed by atoms with Crippen LogP contribution >= 0.6 is 83.3 Å². The van der Waals surface area contributed by atoms with E-state index in [1.807, 2.05) is 6.92 Å². The predicted octanol–water partition coefficient (Wildman–Crippen LogP) is 12.8. The van der Waals surface area contributed by atoms with Gasteiger partial charge in [-0.3, -0.25) is 4.79 Å². The Morgan fingerprint density at radius 2 is 0.930 bits per heavy atom.